The SMILES string of the molecule is COc1cc(C=CC(=O)N2CCC(N3C(=O)OC4Cc5ccccc5C43)CC2)c([N+](=O)[O-])cc1OC. The van der Waals surface area contributed by atoms with E-state index in [1.807, 2.05) is 17.0 Å². The van der Waals surface area contributed by atoms with Crippen molar-refractivity contribution >= 4 is 23.8 Å². The van der Waals surface area contributed by atoms with Crippen molar-refractivity contribution in [2.45, 2.75) is 37.5 Å². The van der Waals surface area contributed by atoms with Crippen LogP contribution in [0.25, 0.3) is 6.08 Å². The maximum atomic E-state index is 12.9. The minimum absolute atomic E-state index is 0.0152. The summed E-state index contributed by atoms with van der Waals surface area (Å²) in [5, 5.41) is 11.5. The Balaban J connectivity index is 1.26. The summed E-state index contributed by atoms with van der Waals surface area (Å²) in [6, 6.07) is 10.8. The van der Waals surface area contributed by atoms with Crippen LogP contribution in [0.1, 0.15) is 35.6 Å². The first-order chi connectivity index (χ1) is 17.4. The Morgan fingerprint density at radius 1 is 1.14 bits per heavy atom. The third-order valence-electron chi connectivity index (χ3n) is 7.21. The van der Waals surface area contributed by atoms with Crippen molar-refractivity contribution in [2.24, 2.45) is 0 Å². The number of nitrogens with zero attached hydrogens (tertiary/aromatic N) is 3. The van der Waals surface area contributed by atoms with Gasteiger partial charge in [-0.05, 0) is 36.1 Å². The number of piperidine rings is 1. The molecule has 2 amide bonds. The second-order valence-electron chi connectivity index (χ2n) is 9.09. The molecule has 2 saturated heterocycles. The van der Waals surface area contributed by atoms with Gasteiger partial charge >= 0.3 is 6.09 Å². The molecular weight excluding hydrogens is 466 g/mol. The fraction of sp³-hybridized carbons (Fsp3) is 0.385. The minimum Gasteiger partial charge on any atom is -0.493 e. The van der Waals surface area contributed by atoms with Crippen LogP contribution >= 0.6 is 0 Å². The zero-order valence-corrected chi connectivity index (χ0v) is 20.1. The van der Waals surface area contributed by atoms with Crippen molar-refractivity contribution in [3.8, 4) is 11.5 Å². The molecule has 10 nitrogen and oxygen atoms in total. The molecule has 2 atom stereocenters. The Hall–Kier alpha value is -4.08. The summed E-state index contributed by atoms with van der Waals surface area (Å²) in [7, 11) is 2.84. The Bertz CT molecular complexity index is 1240. The second kappa shape index (κ2) is 9.52. The Morgan fingerprint density at radius 3 is 2.53 bits per heavy atom. The third kappa shape index (κ3) is 4.12. The van der Waals surface area contributed by atoms with Gasteiger partial charge < -0.3 is 19.1 Å². The average Bonchev–Trinajstić information content (AvgIpc) is 3.40. The number of benzene rings is 2. The Morgan fingerprint density at radius 2 is 1.83 bits per heavy atom. The topological polar surface area (TPSA) is 111 Å². The van der Waals surface area contributed by atoms with Crippen molar-refractivity contribution in [3.05, 3.63) is 69.3 Å². The molecule has 10 heteroatoms. The van der Waals surface area contributed by atoms with E-state index in [0.717, 1.165) is 12.0 Å². The minimum atomic E-state index is -0.527. The van der Waals surface area contributed by atoms with E-state index in [4.69, 9.17) is 14.2 Å². The summed E-state index contributed by atoms with van der Waals surface area (Å²) in [6.45, 7) is 0.954. The van der Waals surface area contributed by atoms with Crippen LogP contribution in [-0.4, -0.2) is 66.2 Å². The number of hydrogen-bond donors (Lipinski definition) is 0. The number of likely N-dealkylation sites (tertiary alicyclic amines) is 1. The molecule has 2 heterocycles. The highest BCUT2D eigenvalue weighted by Crippen LogP contribution is 2.44. The van der Waals surface area contributed by atoms with Gasteiger partial charge in [0.25, 0.3) is 5.69 Å². The third-order valence-corrected chi connectivity index (χ3v) is 7.21. The smallest absolute Gasteiger partial charge is 0.411 e. The summed E-state index contributed by atoms with van der Waals surface area (Å²) in [6.07, 6.45) is 4.31. The maximum absolute atomic E-state index is 12.9. The molecule has 188 valence electrons. The number of ether oxygens (including phenoxy) is 3. The molecule has 5 rings (SSSR count). The monoisotopic (exact) mass is 493 g/mol. The number of methoxy groups -OCH3 is 2. The summed E-state index contributed by atoms with van der Waals surface area (Å²) in [5.41, 5.74) is 2.42. The number of nitro benzene ring substituents is 1. The highest BCUT2D eigenvalue weighted by Gasteiger charge is 2.50. The van der Waals surface area contributed by atoms with Crippen molar-refractivity contribution < 1.29 is 28.7 Å². The van der Waals surface area contributed by atoms with Crippen molar-refractivity contribution in [3.63, 3.8) is 0 Å². The lowest BCUT2D eigenvalue weighted by Gasteiger charge is -2.37. The number of amides is 2. The van der Waals surface area contributed by atoms with Crippen LogP contribution in [0.5, 0.6) is 11.5 Å². The van der Waals surface area contributed by atoms with Crippen LogP contribution in [0.15, 0.2) is 42.5 Å². The van der Waals surface area contributed by atoms with Crippen LogP contribution in [0.2, 0.25) is 0 Å². The van der Waals surface area contributed by atoms with Gasteiger partial charge in [-0.25, -0.2) is 4.79 Å². The first kappa shape index (κ1) is 23.7. The number of nitro groups is 1. The number of rotatable bonds is 6. The molecule has 0 spiro atoms. The molecular formula is C26H27N3O7. The van der Waals surface area contributed by atoms with Gasteiger partial charge in [-0.2, -0.15) is 0 Å². The predicted octanol–water partition coefficient (Wildman–Crippen LogP) is 3.73. The zero-order valence-electron chi connectivity index (χ0n) is 20.1. The van der Waals surface area contributed by atoms with E-state index in [2.05, 4.69) is 12.1 Å². The van der Waals surface area contributed by atoms with E-state index < -0.39 is 4.92 Å². The number of hydrogen-bond acceptors (Lipinski definition) is 7. The van der Waals surface area contributed by atoms with Gasteiger partial charge in [0, 0.05) is 31.6 Å². The van der Waals surface area contributed by atoms with E-state index in [0.29, 0.717) is 31.7 Å². The quantitative estimate of drug-likeness (QED) is 0.342. The first-order valence-electron chi connectivity index (χ1n) is 11.9. The molecule has 0 radical (unpaired) electrons. The molecule has 1 aliphatic carbocycles. The van der Waals surface area contributed by atoms with Gasteiger partial charge in [0.15, 0.2) is 11.5 Å². The van der Waals surface area contributed by atoms with Crippen LogP contribution in [0, 0.1) is 10.1 Å². The Labute approximate surface area is 208 Å². The average molecular weight is 494 g/mol. The fourth-order valence-corrected chi connectivity index (χ4v) is 5.46. The van der Waals surface area contributed by atoms with E-state index in [-0.39, 0.29) is 47.2 Å². The van der Waals surface area contributed by atoms with Gasteiger partial charge in [-0.1, -0.05) is 24.3 Å². The summed E-state index contributed by atoms with van der Waals surface area (Å²) in [4.78, 5) is 40.1. The molecule has 2 unspecified atom stereocenters. The van der Waals surface area contributed by atoms with Crippen molar-refractivity contribution in [2.75, 3.05) is 27.3 Å². The summed E-state index contributed by atoms with van der Waals surface area (Å²) >= 11 is 0. The molecule has 0 saturated carbocycles. The normalized spacial score (nSPS) is 21.3. The molecule has 2 fully saturated rings. The molecule has 36 heavy (non-hydrogen) atoms. The van der Waals surface area contributed by atoms with Crippen LogP contribution < -0.4 is 9.47 Å². The van der Waals surface area contributed by atoms with E-state index >= 15 is 0 Å². The Kier molecular flexibility index (Phi) is 6.26. The van der Waals surface area contributed by atoms with E-state index in [1.165, 1.54) is 44.1 Å². The van der Waals surface area contributed by atoms with Gasteiger partial charge in [0.1, 0.15) is 6.10 Å². The highest BCUT2D eigenvalue weighted by atomic mass is 16.6. The lowest BCUT2D eigenvalue weighted by molar-refractivity contribution is -0.385. The number of carbonyl (C=O) groups is 2. The highest BCUT2D eigenvalue weighted by molar-refractivity contribution is 5.92. The lowest BCUT2D eigenvalue weighted by Crippen LogP contribution is -2.47. The molecule has 2 aliphatic heterocycles. The lowest BCUT2D eigenvalue weighted by atomic mass is 9.99. The van der Waals surface area contributed by atoms with Gasteiger partial charge in [-0.3, -0.25) is 19.8 Å². The van der Waals surface area contributed by atoms with Crippen molar-refractivity contribution in [1.82, 2.24) is 9.80 Å². The number of fused-ring (bicyclic) bond motifs is 3. The largest absolute Gasteiger partial charge is 0.493 e. The zero-order chi connectivity index (χ0) is 25.4. The van der Waals surface area contributed by atoms with Crippen molar-refractivity contribution in [1.29, 1.82) is 0 Å². The molecule has 2 aromatic carbocycles. The van der Waals surface area contributed by atoms with Crippen LogP contribution in [0.4, 0.5) is 10.5 Å². The molecule has 2 aromatic rings. The van der Waals surface area contributed by atoms with E-state index in [9.17, 15) is 19.7 Å². The predicted molar refractivity (Wildman–Crippen MR) is 130 cm³/mol. The fourth-order valence-electron chi connectivity index (χ4n) is 5.46. The van der Waals surface area contributed by atoms with Gasteiger partial charge in [0.05, 0.1) is 36.8 Å². The molecule has 3 aliphatic rings. The molecule has 0 N–H and O–H groups in total. The first-order valence-corrected chi connectivity index (χ1v) is 11.9. The molecule has 0 aromatic heterocycles. The van der Waals surface area contributed by atoms with Crippen LogP contribution in [0.3, 0.4) is 0 Å². The summed E-state index contributed by atoms with van der Waals surface area (Å²) < 4.78 is 16.1. The standard InChI is InChI=1S/C26H27N3O7/c1-34-21-14-17(20(29(32)33)15-22(21)35-2)7-8-24(30)27-11-9-18(10-12-27)28-25-19-6-4-3-5-16(19)13-23(25)36-26(28)31/h3-8,14-15,18,23,25H,9-13H2,1-2H3. The van der Waals surface area contributed by atoms with E-state index in [1.54, 1.807) is 4.90 Å². The van der Waals surface area contributed by atoms with Crippen LogP contribution in [-0.2, 0) is 16.0 Å². The maximum Gasteiger partial charge on any atom is 0.411 e. The molecule has 0 bridgehead atoms. The summed E-state index contributed by atoms with van der Waals surface area (Å²) in [5.74, 6) is 0.327. The number of carbonyl (C=O) groups excluding carboxylic acids is 2. The van der Waals surface area contributed by atoms with Gasteiger partial charge in [-0.15, -0.1) is 0 Å². The van der Waals surface area contributed by atoms with Gasteiger partial charge in [0.2, 0.25) is 5.91 Å². The second-order valence-corrected chi connectivity index (χ2v) is 9.09.